The fraction of sp³-hybridized carbons (Fsp3) is 0.294. The molecule has 3 heteroatoms. The quantitative estimate of drug-likeness (QED) is 0.788. The third kappa shape index (κ3) is 4.27. The van der Waals surface area contributed by atoms with Gasteiger partial charge in [-0.05, 0) is 48.7 Å². The Bertz CT molecular complexity index is 551. The molecular formula is C17H20BrNO. The summed E-state index contributed by atoms with van der Waals surface area (Å²) in [6.07, 6.45) is 1.03. The second-order valence-electron chi connectivity index (χ2n) is 4.81. The zero-order valence-corrected chi connectivity index (χ0v) is 13.5. The number of anilines is 1. The van der Waals surface area contributed by atoms with Gasteiger partial charge in [0.05, 0.1) is 6.61 Å². The first-order valence-electron chi connectivity index (χ1n) is 6.91. The molecule has 0 saturated carbocycles. The number of nitrogens with one attached hydrogen (secondary N) is 1. The molecule has 0 bridgehead atoms. The van der Waals surface area contributed by atoms with E-state index in [0.717, 1.165) is 35.5 Å². The van der Waals surface area contributed by atoms with Crippen molar-refractivity contribution in [3.8, 4) is 5.75 Å². The zero-order valence-electron chi connectivity index (χ0n) is 11.9. The van der Waals surface area contributed by atoms with Crippen LogP contribution in [-0.2, 0) is 6.54 Å². The summed E-state index contributed by atoms with van der Waals surface area (Å²) < 4.78 is 6.67. The van der Waals surface area contributed by atoms with Crippen molar-refractivity contribution >= 4 is 21.6 Å². The van der Waals surface area contributed by atoms with E-state index in [1.54, 1.807) is 0 Å². The molecule has 0 aliphatic rings. The predicted molar refractivity (Wildman–Crippen MR) is 88.4 cm³/mol. The molecule has 20 heavy (non-hydrogen) atoms. The molecule has 0 atom stereocenters. The largest absolute Gasteiger partial charge is 0.494 e. The van der Waals surface area contributed by atoms with Crippen LogP contribution in [0.15, 0.2) is 46.9 Å². The van der Waals surface area contributed by atoms with Crippen molar-refractivity contribution in [1.82, 2.24) is 0 Å². The van der Waals surface area contributed by atoms with E-state index in [0.29, 0.717) is 0 Å². The van der Waals surface area contributed by atoms with Crippen LogP contribution in [0.3, 0.4) is 0 Å². The lowest BCUT2D eigenvalue weighted by Gasteiger charge is -2.11. The van der Waals surface area contributed by atoms with E-state index >= 15 is 0 Å². The van der Waals surface area contributed by atoms with Gasteiger partial charge in [-0.15, -0.1) is 0 Å². The van der Waals surface area contributed by atoms with Gasteiger partial charge in [0.15, 0.2) is 0 Å². The first-order chi connectivity index (χ1) is 9.69. The van der Waals surface area contributed by atoms with E-state index in [1.807, 2.05) is 12.1 Å². The highest BCUT2D eigenvalue weighted by Crippen LogP contribution is 2.21. The van der Waals surface area contributed by atoms with E-state index in [-0.39, 0.29) is 0 Å². The SMILES string of the molecule is CCCOc1ccc(CNc2cc(Br)ccc2C)cc1. The molecule has 0 aromatic heterocycles. The summed E-state index contributed by atoms with van der Waals surface area (Å²) in [6, 6.07) is 14.5. The molecule has 0 fully saturated rings. The standard InChI is InChI=1S/C17H20BrNO/c1-3-10-20-16-8-5-14(6-9-16)12-19-17-11-15(18)7-4-13(17)2/h4-9,11,19H,3,10,12H2,1-2H3. The van der Waals surface area contributed by atoms with E-state index in [4.69, 9.17) is 4.74 Å². The summed E-state index contributed by atoms with van der Waals surface area (Å²) in [5.41, 5.74) is 3.65. The summed E-state index contributed by atoms with van der Waals surface area (Å²) in [5, 5.41) is 3.46. The van der Waals surface area contributed by atoms with Crippen molar-refractivity contribution < 1.29 is 4.74 Å². The van der Waals surface area contributed by atoms with Crippen molar-refractivity contribution in [2.75, 3.05) is 11.9 Å². The van der Waals surface area contributed by atoms with Crippen LogP contribution in [0.5, 0.6) is 5.75 Å². The van der Waals surface area contributed by atoms with Gasteiger partial charge in [0.25, 0.3) is 0 Å². The molecule has 2 aromatic rings. The van der Waals surface area contributed by atoms with Crippen LogP contribution in [-0.4, -0.2) is 6.61 Å². The Hall–Kier alpha value is -1.48. The van der Waals surface area contributed by atoms with E-state index in [1.165, 1.54) is 11.1 Å². The minimum absolute atomic E-state index is 0.773. The van der Waals surface area contributed by atoms with Crippen molar-refractivity contribution in [2.45, 2.75) is 26.8 Å². The lowest BCUT2D eigenvalue weighted by molar-refractivity contribution is 0.317. The lowest BCUT2D eigenvalue weighted by Crippen LogP contribution is -2.01. The van der Waals surface area contributed by atoms with Crippen LogP contribution >= 0.6 is 15.9 Å². The van der Waals surface area contributed by atoms with E-state index in [9.17, 15) is 0 Å². The Morgan fingerprint density at radius 1 is 1.10 bits per heavy atom. The number of aryl methyl sites for hydroxylation is 1. The topological polar surface area (TPSA) is 21.3 Å². The predicted octanol–water partition coefficient (Wildman–Crippen LogP) is 5.16. The van der Waals surface area contributed by atoms with Gasteiger partial charge in [0.2, 0.25) is 0 Å². The van der Waals surface area contributed by atoms with Gasteiger partial charge < -0.3 is 10.1 Å². The van der Waals surface area contributed by atoms with E-state index < -0.39 is 0 Å². The Kier molecular flexibility index (Phi) is 5.48. The molecule has 2 rings (SSSR count). The van der Waals surface area contributed by atoms with Crippen LogP contribution in [0.1, 0.15) is 24.5 Å². The van der Waals surface area contributed by atoms with Gasteiger partial charge in [-0.3, -0.25) is 0 Å². The van der Waals surface area contributed by atoms with Gasteiger partial charge in [0, 0.05) is 16.7 Å². The summed E-state index contributed by atoms with van der Waals surface area (Å²) in [5.74, 6) is 0.939. The summed E-state index contributed by atoms with van der Waals surface area (Å²) in [7, 11) is 0. The highest BCUT2D eigenvalue weighted by Gasteiger charge is 2.00. The Labute approximate surface area is 129 Å². The summed E-state index contributed by atoms with van der Waals surface area (Å²) in [6.45, 7) is 5.80. The fourth-order valence-corrected chi connectivity index (χ4v) is 2.27. The first kappa shape index (κ1) is 14.9. The third-order valence-corrected chi connectivity index (χ3v) is 3.57. The van der Waals surface area contributed by atoms with Gasteiger partial charge in [-0.25, -0.2) is 0 Å². The normalized spacial score (nSPS) is 10.3. The molecule has 2 nitrogen and oxygen atoms in total. The second-order valence-corrected chi connectivity index (χ2v) is 5.72. The van der Waals surface area contributed by atoms with Crippen LogP contribution < -0.4 is 10.1 Å². The summed E-state index contributed by atoms with van der Waals surface area (Å²) >= 11 is 3.50. The fourth-order valence-electron chi connectivity index (χ4n) is 1.91. The van der Waals surface area contributed by atoms with Gasteiger partial charge in [-0.2, -0.15) is 0 Å². The average molecular weight is 334 g/mol. The van der Waals surface area contributed by atoms with Crippen molar-refractivity contribution in [3.63, 3.8) is 0 Å². The smallest absolute Gasteiger partial charge is 0.119 e. The van der Waals surface area contributed by atoms with Gasteiger partial charge >= 0.3 is 0 Å². The molecule has 0 radical (unpaired) electrons. The van der Waals surface area contributed by atoms with Crippen LogP contribution in [0.25, 0.3) is 0 Å². The molecule has 0 saturated heterocycles. The van der Waals surface area contributed by atoms with Crippen LogP contribution in [0.4, 0.5) is 5.69 Å². The number of benzene rings is 2. The molecule has 0 aliphatic heterocycles. The molecule has 0 amide bonds. The number of ether oxygens (including phenoxy) is 1. The monoisotopic (exact) mass is 333 g/mol. The molecular weight excluding hydrogens is 314 g/mol. The molecule has 106 valence electrons. The number of rotatable bonds is 6. The molecule has 1 N–H and O–H groups in total. The zero-order chi connectivity index (χ0) is 14.4. The Morgan fingerprint density at radius 2 is 1.85 bits per heavy atom. The Morgan fingerprint density at radius 3 is 2.55 bits per heavy atom. The van der Waals surface area contributed by atoms with E-state index in [2.05, 4.69) is 65.4 Å². The Balaban J connectivity index is 1.95. The van der Waals surface area contributed by atoms with Crippen LogP contribution in [0.2, 0.25) is 0 Å². The summed E-state index contributed by atoms with van der Waals surface area (Å²) in [4.78, 5) is 0. The minimum Gasteiger partial charge on any atom is -0.494 e. The molecule has 0 aliphatic carbocycles. The molecule has 0 spiro atoms. The van der Waals surface area contributed by atoms with Gasteiger partial charge in [0.1, 0.15) is 5.75 Å². The lowest BCUT2D eigenvalue weighted by atomic mass is 10.1. The van der Waals surface area contributed by atoms with Crippen molar-refractivity contribution in [1.29, 1.82) is 0 Å². The average Bonchev–Trinajstić information content (AvgIpc) is 2.47. The van der Waals surface area contributed by atoms with Crippen LogP contribution in [0, 0.1) is 6.92 Å². The number of hydrogen-bond donors (Lipinski definition) is 1. The minimum atomic E-state index is 0.773. The maximum Gasteiger partial charge on any atom is 0.119 e. The second kappa shape index (κ2) is 7.34. The number of halogens is 1. The number of hydrogen-bond acceptors (Lipinski definition) is 2. The molecule has 0 heterocycles. The van der Waals surface area contributed by atoms with Crippen molar-refractivity contribution in [2.24, 2.45) is 0 Å². The first-order valence-corrected chi connectivity index (χ1v) is 7.70. The third-order valence-electron chi connectivity index (χ3n) is 3.08. The highest BCUT2D eigenvalue weighted by atomic mass is 79.9. The maximum absolute atomic E-state index is 5.58. The highest BCUT2D eigenvalue weighted by molar-refractivity contribution is 9.10. The molecule has 0 unspecified atom stereocenters. The molecule has 2 aromatic carbocycles. The van der Waals surface area contributed by atoms with Gasteiger partial charge in [-0.1, -0.05) is 41.1 Å². The van der Waals surface area contributed by atoms with Crippen molar-refractivity contribution in [3.05, 3.63) is 58.1 Å². The maximum atomic E-state index is 5.58.